The molecule has 3 unspecified atom stereocenters. The fraction of sp³-hybridized carbons (Fsp3) is 0.294. The molecule has 37 heavy (non-hydrogen) atoms. The lowest BCUT2D eigenvalue weighted by Gasteiger charge is -2.33. The van der Waals surface area contributed by atoms with Gasteiger partial charge in [0.1, 0.15) is 12.4 Å². The molecular formula is C34H41O2P. The highest BCUT2D eigenvalue weighted by Gasteiger charge is 2.30. The topological polar surface area (TPSA) is 29.5 Å². The molecule has 3 rings (SSSR count). The molecule has 1 N–H and O–H groups in total. The van der Waals surface area contributed by atoms with Crippen LogP contribution in [-0.2, 0) is 18.2 Å². The van der Waals surface area contributed by atoms with Crippen molar-refractivity contribution in [1.82, 2.24) is 0 Å². The Labute approximate surface area is 225 Å². The molecule has 3 atom stereocenters. The first kappa shape index (κ1) is 28.6. The van der Waals surface area contributed by atoms with Gasteiger partial charge in [-0.25, -0.2) is 0 Å². The van der Waals surface area contributed by atoms with E-state index in [9.17, 15) is 5.11 Å². The fourth-order valence-electron chi connectivity index (χ4n) is 4.43. The van der Waals surface area contributed by atoms with Crippen LogP contribution in [0.15, 0.2) is 114 Å². The lowest BCUT2D eigenvalue weighted by atomic mass is 9.92. The third kappa shape index (κ3) is 8.03. The Hall–Kier alpha value is -2.93. The van der Waals surface area contributed by atoms with Gasteiger partial charge in [-0.15, -0.1) is 0 Å². The summed E-state index contributed by atoms with van der Waals surface area (Å²) in [5.41, 5.74) is 7.02. The minimum atomic E-state index is -0.560. The maximum atomic E-state index is 10.6. The zero-order chi connectivity index (χ0) is 26.8. The molecule has 0 aliphatic carbocycles. The van der Waals surface area contributed by atoms with Crippen molar-refractivity contribution in [3.63, 3.8) is 0 Å². The van der Waals surface area contributed by atoms with Gasteiger partial charge >= 0.3 is 0 Å². The van der Waals surface area contributed by atoms with Crippen molar-refractivity contribution in [2.75, 3.05) is 0 Å². The summed E-state index contributed by atoms with van der Waals surface area (Å²) in [6, 6.07) is 27.5. The number of allylic oxidation sites excluding steroid dienone is 3. The average molecular weight is 513 g/mol. The van der Waals surface area contributed by atoms with Gasteiger partial charge in [0.15, 0.2) is 0 Å². The molecule has 0 aliphatic heterocycles. The van der Waals surface area contributed by atoms with Gasteiger partial charge in [0.05, 0.1) is 6.10 Å². The summed E-state index contributed by atoms with van der Waals surface area (Å²) in [5.74, 6) is 0.918. The van der Waals surface area contributed by atoms with Gasteiger partial charge in [-0.3, -0.25) is 0 Å². The molecule has 0 aliphatic rings. The van der Waals surface area contributed by atoms with Crippen LogP contribution >= 0.6 is 8.58 Å². The van der Waals surface area contributed by atoms with Crippen LogP contribution in [0.5, 0.6) is 5.75 Å². The van der Waals surface area contributed by atoms with E-state index in [4.69, 9.17) is 4.74 Å². The second-order valence-electron chi connectivity index (χ2n) is 10.0. The Kier molecular flexibility index (Phi) is 10.5. The number of hydrogen-bond donors (Lipinski definition) is 1. The molecule has 0 heterocycles. The van der Waals surface area contributed by atoms with Crippen molar-refractivity contribution in [3.05, 3.63) is 136 Å². The van der Waals surface area contributed by atoms with Gasteiger partial charge < -0.3 is 9.84 Å². The highest BCUT2D eigenvalue weighted by molar-refractivity contribution is 7.44. The first-order valence-corrected chi connectivity index (χ1v) is 14.1. The van der Waals surface area contributed by atoms with Gasteiger partial charge in [0.2, 0.25) is 0 Å². The largest absolute Gasteiger partial charge is 0.489 e. The summed E-state index contributed by atoms with van der Waals surface area (Å²) in [4.78, 5) is 0. The number of aliphatic hydroxyl groups excluding tert-OH is 1. The van der Waals surface area contributed by atoms with E-state index in [2.05, 4.69) is 101 Å². The van der Waals surface area contributed by atoms with Gasteiger partial charge in [0, 0.05) is 10.7 Å². The number of benzene rings is 3. The molecule has 2 nitrogen and oxygen atoms in total. The van der Waals surface area contributed by atoms with E-state index >= 15 is 0 Å². The number of ether oxygens (including phenoxy) is 1. The van der Waals surface area contributed by atoms with Crippen LogP contribution in [0.25, 0.3) is 0 Å². The van der Waals surface area contributed by atoms with Crippen LogP contribution in [-0.4, -0.2) is 11.2 Å². The zero-order valence-corrected chi connectivity index (χ0v) is 23.9. The van der Waals surface area contributed by atoms with Gasteiger partial charge in [0.25, 0.3) is 0 Å². The van der Waals surface area contributed by atoms with Crippen molar-refractivity contribution in [1.29, 1.82) is 0 Å². The van der Waals surface area contributed by atoms with E-state index < -0.39 is 6.10 Å². The van der Waals surface area contributed by atoms with Gasteiger partial charge in [-0.1, -0.05) is 120 Å². The summed E-state index contributed by atoms with van der Waals surface area (Å²) >= 11 is 0. The van der Waals surface area contributed by atoms with Crippen molar-refractivity contribution < 1.29 is 9.84 Å². The maximum Gasteiger partial charge on any atom is 0.123 e. The molecule has 0 fully saturated rings. The second kappa shape index (κ2) is 13.6. The minimum Gasteiger partial charge on any atom is -0.489 e. The summed E-state index contributed by atoms with van der Waals surface area (Å²) in [7, 11) is 0.426. The Morgan fingerprint density at radius 3 is 2.14 bits per heavy atom. The van der Waals surface area contributed by atoms with E-state index in [1.54, 1.807) is 0 Å². The second-order valence-corrected chi connectivity index (χ2v) is 11.9. The molecule has 194 valence electrons. The van der Waals surface area contributed by atoms with E-state index in [1.165, 1.54) is 16.7 Å². The van der Waals surface area contributed by atoms with Crippen LogP contribution in [0, 0.1) is 0 Å². The third-order valence-corrected chi connectivity index (χ3v) is 8.59. The van der Waals surface area contributed by atoms with E-state index in [0.717, 1.165) is 40.6 Å². The molecule has 3 heteroatoms. The first-order valence-electron chi connectivity index (χ1n) is 13.1. The monoisotopic (exact) mass is 512 g/mol. The van der Waals surface area contributed by atoms with Crippen LogP contribution < -0.4 is 4.74 Å². The molecule has 3 aromatic carbocycles. The Balaban J connectivity index is 2.07. The van der Waals surface area contributed by atoms with Crippen LogP contribution in [0.4, 0.5) is 0 Å². The molecule has 0 bridgehead atoms. The van der Waals surface area contributed by atoms with Gasteiger partial charge in [-0.2, -0.15) is 0 Å². The molecule has 3 aromatic rings. The maximum absolute atomic E-state index is 10.6. The molecule has 0 saturated heterocycles. The van der Waals surface area contributed by atoms with Crippen molar-refractivity contribution in [3.8, 4) is 5.75 Å². The Bertz CT molecular complexity index is 1220. The lowest BCUT2D eigenvalue weighted by Crippen LogP contribution is -2.18. The molecule has 0 aromatic heterocycles. The molecule has 0 amide bonds. The standard InChI is InChI=1S/C34H41O2P/c1-7-33(30(26(5)35)21-25(3)4)37-34(6,8-2)31-23-29(22-27-15-11-9-12-16-27)19-20-32(31)36-24-28-17-13-10-14-18-28/h7,9-21,23,26,35,37H,1,8,22,24H2,2-6H3/b33-30-. The smallest absolute Gasteiger partial charge is 0.123 e. The highest BCUT2D eigenvalue weighted by atomic mass is 31.1. The Morgan fingerprint density at radius 2 is 1.59 bits per heavy atom. The number of rotatable bonds is 12. The minimum absolute atomic E-state index is 0.183. The van der Waals surface area contributed by atoms with Crippen LogP contribution in [0.3, 0.4) is 0 Å². The molecule has 0 radical (unpaired) electrons. The summed E-state index contributed by atoms with van der Waals surface area (Å²) < 4.78 is 6.47. The highest BCUT2D eigenvalue weighted by Crippen LogP contribution is 2.53. The normalized spacial score (nSPS) is 14.5. The zero-order valence-electron chi connectivity index (χ0n) is 22.9. The Morgan fingerprint density at radius 1 is 0.973 bits per heavy atom. The SMILES string of the molecule is C=C/C(PC(C)(CC)c1cc(Cc2ccccc2)ccc1OCc1ccccc1)=C(\C=C(C)C)C(C)O. The first-order chi connectivity index (χ1) is 17.8. The molecule has 0 saturated carbocycles. The van der Waals surface area contributed by atoms with Gasteiger partial charge in [-0.05, 0) is 67.3 Å². The van der Waals surface area contributed by atoms with Crippen LogP contribution in [0.2, 0.25) is 0 Å². The predicted octanol–water partition coefficient (Wildman–Crippen LogP) is 8.95. The van der Waals surface area contributed by atoms with Crippen molar-refractivity contribution >= 4 is 8.58 Å². The predicted molar refractivity (Wildman–Crippen MR) is 161 cm³/mol. The van der Waals surface area contributed by atoms with Crippen molar-refractivity contribution in [2.24, 2.45) is 0 Å². The summed E-state index contributed by atoms with van der Waals surface area (Å²) in [6.07, 6.45) is 5.25. The lowest BCUT2D eigenvalue weighted by molar-refractivity contribution is 0.235. The number of aliphatic hydroxyl groups is 1. The molecule has 0 spiro atoms. The molecular weight excluding hydrogens is 471 g/mol. The third-order valence-electron chi connectivity index (χ3n) is 6.65. The fourth-order valence-corrected chi connectivity index (χ4v) is 6.06. The van der Waals surface area contributed by atoms with E-state index in [-0.39, 0.29) is 5.16 Å². The quantitative estimate of drug-likeness (QED) is 0.194. The number of hydrogen-bond acceptors (Lipinski definition) is 2. The summed E-state index contributed by atoms with van der Waals surface area (Å²) in [6.45, 7) is 15.2. The van der Waals surface area contributed by atoms with E-state index in [1.807, 2.05) is 31.2 Å². The average Bonchev–Trinajstić information content (AvgIpc) is 2.90. The summed E-state index contributed by atoms with van der Waals surface area (Å²) in [5, 5.41) is 11.5. The van der Waals surface area contributed by atoms with Crippen LogP contribution in [0.1, 0.15) is 63.3 Å². The van der Waals surface area contributed by atoms with E-state index in [0.29, 0.717) is 15.2 Å². The van der Waals surface area contributed by atoms with Crippen molar-refractivity contribution in [2.45, 2.75) is 65.3 Å².